The first-order chi connectivity index (χ1) is 6.68. The maximum atomic E-state index is 10.7. The van der Waals surface area contributed by atoms with Gasteiger partial charge in [0, 0.05) is 18.8 Å². The van der Waals surface area contributed by atoms with Crippen LogP contribution in [0.25, 0.3) is 0 Å². The first kappa shape index (κ1) is 9.06. The zero-order chi connectivity index (χ0) is 10.1. The third kappa shape index (κ3) is 1.45. The summed E-state index contributed by atoms with van der Waals surface area (Å²) in [4.78, 5) is 13.0. The number of carbonyl (C=O) groups is 1. The van der Waals surface area contributed by atoms with Crippen LogP contribution in [0.2, 0.25) is 0 Å². The molecule has 1 fully saturated rings. The Morgan fingerprint density at radius 1 is 1.43 bits per heavy atom. The summed E-state index contributed by atoms with van der Waals surface area (Å²) in [6.07, 6.45) is 1.24. The summed E-state index contributed by atoms with van der Waals surface area (Å²) in [5.74, 6) is -0.858. The second kappa shape index (κ2) is 3.33. The molecule has 1 heterocycles. The van der Waals surface area contributed by atoms with E-state index in [1.165, 1.54) is 12.1 Å². The van der Waals surface area contributed by atoms with Gasteiger partial charge in [0.1, 0.15) is 0 Å². The van der Waals surface area contributed by atoms with Crippen LogP contribution in [0.4, 0.5) is 5.69 Å². The van der Waals surface area contributed by atoms with E-state index in [-0.39, 0.29) is 0 Å². The first-order valence-corrected chi connectivity index (χ1v) is 4.77. The smallest absolute Gasteiger partial charge is 0.335 e. The summed E-state index contributed by atoms with van der Waals surface area (Å²) in [5.41, 5.74) is 2.58. The molecule has 1 aliphatic rings. The molecule has 1 aliphatic heterocycles. The molecule has 1 N–H and O–H groups in total. The molecule has 0 unspecified atom stereocenters. The summed E-state index contributed by atoms with van der Waals surface area (Å²) in [6.45, 7) is 4.14. The number of anilines is 1. The third-order valence-corrected chi connectivity index (χ3v) is 2.64. The number of hydrogen-bond donors (Lipinski definition) is 1. The second-order valence-electron chi connectivity index (χ2n) is 3.65. The van der Waals surface area contributed by atoms with Gasteiger partial charge in [-0.2, -0.15) is 0 Å². The summed E-state index contributed by atoms with van der Waals surface area (Å²) in [6, 6.07) is 5.30. The van der Waals surface area contributed by atoms with Gasteiger partial charge in [0.15, 0.2) is 0 Å². The molecule has 0 spiro atoms. The number of aryl methyl sites for hydroxylation is 1. The second-order valence-corrected chi connectivity index (χ2v) is 3.65. The SMILES string of the molecule is Cc1cc(C(=O)O)ccc1N1CCC1. The van der Waals surface area contributed by atoms with Gasteiger partial charge in [-0.05, 0) is 37.1 Å². The number of hydrogen-bond acceptors (Lipinski definition) is 2. The Morgan fingerprint density at radius 2 is 2.14 bits per heavy atom. The Kier molecular flexibility index (Phi) is 2.15. The Bertz CT molecular complexity index is 370. The van der Waals surface area contributed by atoms with E-state index in [9.17, 15) is 4.79 Å². The van der Waals surface area contributed by atoms with Crippen LogP contribution in [-0.2, 0) is 0 Å². The largest absolute Gasteiger partial charge is 0.478 e. The molecule has 0 atom stereocenters. The summed E-state index contributed by atoms with van der Waals surface area (Å²) in [5, 5.41) is 8.80. The van der Waals surface area contributed by atoms with Gasteiger partial charge in [-0.1, -0.05) is 0 Å². The van der Waals surface area contributed by atoms with Crippen molar-refractivity contribution in [2.75, 3.05) is 18.0 Å². The molecule has 0 bridgehead atoms. The maximum Gasteiger partial charge on any atom is 0.335 e. The number of nitrogens with zero attached hydrogens (tertiary/aromatic N) is 1. The van der Waals surface area contributed by atoms with Crippen molar-refractivity contribution in [3.63, 3.8) is 0 Å². The lowest BCUT2D eigenvalue weighted by molar-refractivity contribution is 0.0697. The van der Waals surface area contributed by atoms with Crippen LogP contribution >= 0.6 is 0 Å². The van der Waals surface area contributed by atoms with Crippen molar-refractivity contribution in [3.05, 3.63) is 29.3 Å². The summed E-state index contributed by atoms with van der Waals surface area (Å²) < 4.78 is 0. The Hall–Kier alpha value is -1.51. The first-order valence-electron chi connectivity index (χ1n) is 4.77. The molecular formula is C11H13NO2. The minimum atomic E-state index is -0.858. The number of benzene rings is 1. The highest BCUT2D eigenvalue weighted by molar-refractivity contribution is 5.88. The number of rotatable bonds is 2. The van der Waals surface area contributed by atoms with Gasteiger partial charge in [-0.3, -0.25) is 0 Å². The third-order valence-electron chi connectivity index (χ3n) is 2.64. The van der Waals surface area contributed by atoms with Gasteiger partial charge in [-0.15, -0.1) is 0 Å². The number of aromatic carboxylic acids is 1. The van der Waals surface area contributed by atoms with Gasteiger partial charge >= 0.3 is 5.97 Å². The lowest BCUT2D eigenvalue weighted by Gasteiger charge is -2.34. The average Bonchev–Trinajstić information content (AvgIpc) is 2.04. The fourth-order valence-corrected chi connectivity index (χ4v) is 1.70. The van der Waals surface area contributed by atoms with Gasteiger partial charge in [0.25, 0.3) is 0 Å². The fourth-order valence-electron chi connectivity index (χ4n) is 1.70. The van der Waals surface area contributed by atoms with Crippen molar-refractivity contribution in [1.82, 2.24) is 0 Å². The highest BCUT2D eigenvalue weighted by Gasteiger charge is 2.16. The van der Waals surface area contributed by atoms with Crippen LogP contribution < -0.4 is 4.90 Å². The number of carboxylic acids is 1. The highest BCUT2D eigenvalue weighted by Crippen LogP contribution is 2.25. The molecule has 0 radical (unpaired) electrons. The minimum Gasteiger partial charge on any atom is -0.478 e. The van der Waals surface area contributed by atoms with Crippen molar-refractivity contribution in [2.24, 2.45) is 0 Å². The molecule has 1 saturated heterocycles. The fraction of sp³-hybridized carbons (Fsp3) is 0.364. The maximum absolute atomic E-state index is 10.7. The zero-order valence-electron chi connectivity index (χ0n) is 8.16. The van der Waals surface area contributed by atoms with Crippen molar-refractivity contribution in [1.29, 1.82) is 0 Å². The van der Waals surface area contributed by atoms with E-state index < -0.39 is 5.97 Å². The molecule has 1 aromatic carbocycles. The molecule has 3 heteroatoms. The molecule has 0 aromatic heterocycles. The quantitative estimate of drug-likeness (QED) is 0.776. The summed E-state index contributed by atoms with van der Waals surface area (Å²) in [7, 11) is 0. The lowest BCUT2D eigenvalue weighted by atomic mass is 10.1. The van der Waals surface area contributed by atoms with Crippen molar-refractivity contribution in [2.45, 2.75) is 13.3 Å². The molecular weight excluding hydrogens is 178 g/mol. The average molecular weight is 191 g/mol. The van der Waals surface area contributed by atoms with E-state index >= 15 is 0 Å². The highest BCUT2D eigenvalue weighted by atomic mass is 16.4. The van der Waals surface area contributed by atoms with Crippen molar-refractivity contribution in [3.8, 4) is 0 Å². The van der Waals surface area contributed by atoms with Crippen LogP contribution in [-0.4, -0.2) is 24.2 Å². The molecule has 0 amide bonds. The normalized spacial score (nSPS) is 15.1. The topological polar surface area (TPSA) is 40.5 Å². The van der Waals surface area contributed by atoms with Gasteiger partial charge in [0.05, 0.1) is 5.56 Å². The summed E-state index contributed by atoms with van der Waals surface area (Å²) >= 11 is 0. The van der Waals surface area contributed by atoms with Crippen LogP contribution in [0.5, 0.6) is 0 Å². The van der Waals surface area contributed by atoms with E-state index in [1.807, 2.05) is 13.0 Å². The van der Waals surface area contributed by atoms with Crippen LogP contribution in [0, 0.1) is 6.92 Å². The van der Waals surface area contributed by atoms with Gasteiger partial charge in [0.2, 0.25) is 0 Å². The molecule has 14 heavy (non-hydrogen) atoms. The van der Waals surface area contributed by atoms with E-state index in [1.54, 1.807) is 12.1 Å². The predicted octanol–water partition coefficient (Wildman–Crippen LogP) is 1.90. The van der Waals surface area contributed by atoms with Crippen molar-refractivity contribution >= 4 is 11.7 Å². The van der Waals surface area contributed by atoms with E-state index in [0.29, 0.717) is 5.56 Å². The molecule has 2 rings (SSSR count). The van der Waals surface area contributed by atoms with Gasteiger partial charge in [-0.25, -0.2) is 4.79 Å². The Balaban J connectivity index is 2.30. The monoisotopic (exact) mass is 191 g/mol. The van der Waals surface area contributed by atoms with Crippen LogP contribution in [0.3, 0.4) is 0 Å². The standard InChI is InChI=1S/C11H13NO2/c1-8-7-9(11(13)14)3-4-10(8)12-5-2-6-12/h3-4,7H,2,5-6H2,1H3,(H,13,14). The molecule has 3 nitrogen and oxygen atoms in total. The lowest BCUT2D eigenvalue weighted by Crippen LogP contribution is -2.37. The molecule has 0 saturated carbocycles. The van der Waals surface area contributed by atoms with Crippen LogP contribution in [0.1, 0.15) is 22.3 Å². The van der Waals surface area contributed by atoms with E-state index in [2.05, 4.69) is 4.90 Å². The Labute approximate surface area is 83.0 Å². The van der Waals surface area contributed by atoms with E-state index in [4.69, 9.17) is 5.11 Å². The van der Waals surface area contributed by atoms with Gasteiger partial charge < -0.3 is 10.0 Å². The van der Waals surface area contributed by atoms with Crippen LogP contribution in [0.15, 0.2) is 18.2 Å². The molecule has 0 aliphatic carbocycles. The minimum absolute atomic E-state index is 0.367. The van der Waals surface area contributed by atoms with E-state index in [0.717, 1.165) is 18.7 Å². The molecule has 74 valence electrons. The Morgan fingerprint density at radius 3 is 2.57 bits per heavy atom. The van der Waals surface area contributed by atoms with Crippen molar-refractivity contribution < 1.29 is 9.90 Å². The zero-order valence-corrected chi connectivity index (χ0v) is 8.16. The predicted molar refractivity (Wildman–Crippen MR) is 55.0 cm³/mol. The molecule has 1 aromatic rings. The number of carboxylic acid groups (broad SMARTS) is 1.